The molecule has 0 saturated heterocycles. The van der Waals surface area contributed by atoms with E-state index in [1.165, 1.54) is 49.7 Å². The van der Waals surface area contributed by atoms with Gasteiger partial charge in [-0.2, -0.15) is 0 Å². The first-order chi connectivity index (χ1) is 19.3. The van der Waals surface area contributed by atoms with Crippen molar-refractivity contribution in [1.82, 2.24) is 9.13 Å². The Labute approximate surface area is 224 Å². The van der Waals surface area contributed by atoms with Crippen LogP contribution in [0.1, 0.15) is 17.7 Å². The standard InChI is InChI=1S/C36H24N2O/c1-5-13-31-25(9-1)26-10-2-6-14-32(26)37(31)23-17-19-34-29(21-23)27-11-3-7-15-33(27)38(34)24-18-20-36-30(22-24)28-12-4-8-16-35(28)39-36/h1,3-9,11-22H,2,10H2. The molecule has 0 unspecified atom stereocenters. The molecule has 0 fully saturated rings. The molecule has 184 valence electrons. The average molecular weight is 501 g/mol. The summed E-state index contributed by atoms with van der Waals surface area (Å²) in [5.74, 6) is 0. The summed E-state index contributed by atoms with van der Waals surface area (Å²) in [6, 6.07) is 39.3. The smallest absolute Gasteiger partial charge is 0.135 e. The molecule has 9 rings (SSSR count). The molecule has 39 heavy (non-hydrogen) atoms. The summed E-state index contributed by atoms with van der Waals surface area (Å²) in [7, 11) is 0. The number of nitrogens with zero attached hydrogens (tertiary/aromatic N) is 2. The summed E-state index contributed by atoms with van der Waals surface area (Å²) in [5.41, 5.74) is 10.6. The van der Waals surface area contributed by atoms with E-state index in [4.69, 9.17) is 4.42 Å². The fraction of sp³-hybridized carbons (Fsp3) is 0.0556. The van der Waals surface area contributed by atoms with Gasteiger partial charge < -0.3 is 13.6 Å². The lowest BCUT2D eigenvalue weighted by Crippen LogP contribution is -2.00. The minimum Gasteiger partial charge on any atom is -0.456 e. The van der Waals surface area contributed by atoms with Gasteiger partial charge in [-0.1, -0.05) is 60.7 Å². The number of benzene rings is 5. The highest BCUT2D eigenvalue weighted by atomic mass is 16.3. The molecule has 3 aromatic heterocycles. The molecule has 0 atom stereocenters. The van der Waals surface area contributed by atoms with Gasteiger partial charge in [0, 0.05) is 44.0 Å². The molecule has 0 saturated carbocycles. The van der Waals surface area contributed by atoms with Crippen molar-refractivity contribution < 1.29 is 4.42 Å². The van der Waals surface area contributed by atoms with Crippen LogP contribution in [-0.2, 0) is 6.42 Å². The van der Waals surface area contributed by atoms with Crippen molar-refractivity contribution in [3.05, 3.63) is 127 Å². The van der Waals surface area contributed by atoms with Crippen molar-refractivity contribution >= 4 is 60.7 Å². The molecule has 8 aromatic rings. The van der Waals surface area contributed by atoms with Crippen LogP contribution >= 0.6 is 0 Å². The van der Waals surface area contributed by atoms with Crippen LogP contribution in [0.25, 0.3) is 72.1 Å². The van der Waals surface area contributed by atoms with E-state index in [2.05, 4.69) is 118 Å². The Kier molecular flexibility index (Phi) is 4.17. The Morgan fingerprint density at radius 3 is 2.05 bits per heavy atom. The highest BCUT2D eigenvalue weighted by Crippen LogP contribution is 2.38. The van der Waals surface area contributed by atoms with Gasteiger partial charge in [0.05, 0.1) is 16.6 Å². The molecule has 0 radical (unpaired) electrons. The zero-order valence-corrected chi connectivity index (χ0v) is 21.3. The molecule has 0 amide bonds. The van der Waals surface area contributed by atoms with Crippen LogP contribution in [0.5, 0.6) is 0 Å². The van der Waals surface area contributed by atoms with Gasteiger partial charge in [0.1, 0.15) is 11.2 Å². The number of hydrogen-bond donors (Lipinski definition) is 0. The van der Waals surface area contributed by atoms with Crippen LogP contribution in [0.3, 0.4) is 0 Å². The van der Waals surface area contributed by atoms with Crippen LogP contribution in [0.4, 0.5) is 0 Å². The fourth-order valence-corrected chi connectivity index (χ4v) is 6.70. The average Bonchev–Trinajstić information content (AvgIpc) is 3.64. The second kappa shape index (κ2) is 7.75. The third-order valence-electron chi connectivity index (χ3n) is 8.39. The van der Waals surface area contributed by atoms with E-state index in [9.17, 15) is 0 Å². The minimum atomic E-state index is 0.917. The van der Waals surface area contributed by atoms with Crippen molar-refractivity contribution in [2.45, 2.75) is 12.8 Å². The Balaban J connectivity index is 1.33. The molecule has 5 aromatic carbocycles. The Bertz CT molecular complexity index is 2290. The first kappa shape index (κ1) is 21.0. The number of hydrogen-bond acceptors (Lipinski definition) is 1. The van der Waals surface area contributed by atoms with Gasteiger partial charge in [0.2, 0.25) is 0 Å². The van der Waals surface area contributed by atoms with Crippen LogP contribution < -0.4 is 0 Å². The van der Waals surface area contributed by atoms with E-state index in [0.29, 0.717) is 0 Å². The van der Waals surface area contributed by atoms with Crippen molar-refractivity contribution in [3.8, 4) is 11.4 Å². The predicted octanol–water partition coefficient (Wildman–Crippen LogP) is 9.59. The number of rotatable bonds is 2. The van der Waals surface area contributed by atoms with Gasteiger partial charge in [0.15, 0.2) is 0 Å². The first-order valence-electron chi connectivity index (χ1n) is 13.6. The Hall–Kier alpha value is -5.02. The topological polar surface area (TPSA) is 23.0 Å². The van der Waals surface area contributed by atoms with E-state index in [-0.39, 0.29) is 0 Å². The molecule has 0 spiro atoms. The van der Waals surface area contributed by atoms with Crippen LogP contribution in [0.15, 0.2) is 120 Å². The second-order valence-electron chi connectivity index (χ2n) is 10.5. The summed E-state index contributed by atoms with van der Waals surface area (Å²) in [6.45, 7) is 0. The van der Waals surface area contributed by atoms with Crippen molar-refractivity contribution in [2.24, 2.45) is 0 Å². The first-order valence-corrected chi connectivity index (χ1v) is 13.6. The van der Waals surface area contributed by atoms with Gasteiger partial charge in [-0.25, -0.2) is 0 Å². The summed E-state index contributed by atoms with van der Waals surface area (Å²) in [4.78, 5) is 0. The number of furan rings is 1. The third-order valence-corrected chi connectivity index (χ3v) is 8.39. The number of fused-ring (bicyclic) bond motifs is 9. The predicted molar refractivity (Wildman–Crippen MR) is 162 cm³/mol. The highest BCUT2D eigenvalue weighted by Gasteiger charge is 2.20. The van der Waals surface area contributed by atoms with Gasteiger partial charge in [-0.3, -0.25) is 0 Å². The lowest BCUT2D eigenvalue weighted by Gasteiger charge is -2.13. The van der Waals surface area contributed by atoms with E-state index < -0.39 is 0 Å². The van der Waals surface area contributed by atoms with E-state index in [1.807, 2.05) is 12.1 Å². The maximum atomic E-state index is 6.12. The van der Waals surface area contributed by atoms with E-state index in [1.54, 1.807) is 0 Å². The fourth-order valence-electron chi connectivity index (χ4n) is 6.70. The van der Waals surface area contributed by atoms with E-state index >= 15 is 0 Å². The van der Waals surface area contributed by atoms with Crippen LogP contribution in [0.2, 0.25) is 0 Å². The molecule has 0 bridgehead atoms. The van der Waals surface area contributed by atoms with Crippen molar-refractivity contribution in [3.63, 3.8) is 0 Å². The molecular weight excluding hydrogens is 476 g/mol. The quantitative estimate of drug-likeness (QED) is 0.232. The maximum Gasteiger partial charge on any atom is 0.135 e. The highest BCUT2D eigenvalue weighted by molar-refractivity contribution is 6.11. The molecule has 3 heteroatoms. The molecule has 0 N–H and O–H groups in total. The largest absolute Gasteiger partial charge is 0.456 e. The Morgan fingerprint density at radius 2 is 1.15 bits per heavy atom. The maximum absolute atomic E-state index is 6.12. The van der Waals surface area contributed by atoms with E-state index in [0.717, 1.165) is 40.5 Å². The minimum absolute atomic E-state index is 0.917. The van der Waals surface area contributed by atoms with Crippen molar-refractivity contribution in [1.29, 1.82) is 0 Å². The number of aromatic nitrogens is 2. The van der Waals surface area contributed by atoms with Crippen LogP contribution in [0, 0.1) is 0 Å². The second-order valence-corrected chi connectivity index (χ2v) is 10.5. The molecule has 0 aliphatic heterocycles. The SMILES string of the molecule is C1=Cc2c(c3ccccc3n2-c2ccc3c(c2)c2ccccc2n3-c2ccc3oc4ccccc4c3c2)CC1. The molecular formula is C36H24N2O. The summed E-state index contributed by atoms with van der Waals surface area (Å²) in [6.07, 6.45) is 6.80. The van der Waals surface area contributed by atoms with Gasteiger partial charge >= 0.3 is 0 Å². The Morgan fingerprint density at radius 1 is 0.513 bits per heavy atom. The third kappa shape index (κ3) is 2.87. The number of para-hydroxylation sites is 3. The normalized spacial score (nSPS) is 13.3. The van der Waals surface area contributed by atoms with Crippen LogP contribution in [-0.4, -0.2) is 9.13 Å². The van der Waals surface area contributed by atoms with Gasteiger partial charge in [-0.15, -0.1) is 0 Å². The summed E-state index contributed by atoms with van der Waals surface area (Å²) < 4.78 is 10.9. The number of aryl methyl sites for hydroxylation is 1. The van der Waals surface area contributed by atoms with Crippen molar-refractivity contribution in [2.75, 3.05) is 0 Å². The zero-order chi connectivity index (χ0) is 25.5. The molecule has 3 nitrogen and oxygen atoms in total. The monoisotopic (exact) mass is 500 g/mol. The lowest BCUT2D eigenvalue weighted by molar-refractivity contribution is 0.669. The van der Waals surface area contributed by atoms with Gasteiger partial charge in [-0.05, 0) is 79.1 Å². The lowest BCUT2D eigenvalue weighted by atomic mass is 10.0. The molecule has 1 aliphatic rings. The molecule has 1 aliphatic carbocycles. The number of allylic oxidation sites excluding steroid dienone is 1. The zero-order valence-electron chi connectivity index (χ0n) is 21.3. The van der Waals surface area contributed by atoms with Gasteiger partial charge in [0.25, 0.3) is 0 Å². The summed E-state index contributed by atoms with van der Waals surface area (Å²) >= 11 is 0. The molecule has 3 heterocycles. The summed E-state index contributed by atoms with van der Waals surface area (Å²) in [5, 5.41) is 6.16.